The maximum atomic E-state index is 14.0. The first-order valence-electron chi connectivity index (χ1n) is 8.40. The van der Waals surface area contributed by atoms with Crippen molar-refractivity contribution in [3.63, 3.8) is 0 Å². The maximum absolute atomic E-state index is 14.0. The van der Waals surface area contributed by atoms with Gasteiger partial charge in [0.1, 0.15) is 19.3 Å². The summed E-state index contributed by atoms with van der Waals surface area (Å²) in [6.45, 7) is 20.5. The van der Waals surface area contributed by atoms with E-state index in [2.05, 4.69) is 66.3 Å². The fraction of sp³-hybridized carbons (Fsp3) is 0.824. The van der Waals surface area contributed by atoms with Gasteiger partial charge in [-0.25, -0.2) is 4.68 Å². The number of hydrogen-bond acceptors (Lipinski definition) is 3. The molecule has 0 aliphatic rings. The highest BCUT2D eigenvalue weighted by Gasteiger charge is 2.49. The van der Waals surface area contributed by atoms with Crippen LogP contribution in [0.3, 0.4) is 0 Å². The first-order valence-corrected chi connectivity index (χ1v) is 13.8. The number of hydrogen-bond donors (Lipinski definition) is 0. The molecule has 0 aliphatic heterocycles. The smallest absolute Gasteiger partial charge is 0.142 e. The second-order valence-corrected chi connectivity index (χ2v) is 19.5. The summed E-state index contributed by atoms with van der Waals surface area (Å²) < 4.78 is 21.6. The fourth-order valence-electron chi connectivity index (χ4n) is 2.92. The molecule has 0 amide bonds. The minimum Gasteiger partial charge on any atom is -0.360 e. The Kier molecular flexibility index (Phi) is 6.16. The number of rotatable bonds is 6. The van der Waals surface area contributed by atoms with Crippen molar-refractivity contribution in [2.45, 2.75) is 84.3 Å². The van der Waals surface area contributed by atoms with Crippen LogP contribution in [0.25, 0.3) is 0 Å². The Morgan fingerprint density at radius 3 is 2.09 bits per heavy atom. The molecule has 0 bridgehead atoms. The topological polar surface area (TPSA) is 44.1 Å². The lowest BCUT2D eigenvalue weighted by molar-refractivity contribution is 0.0806. The summed E-state index contributed by atoms with van der Waals surface area (Å²) in [4.78, 5) is 0. The highest BCUT2D eigenvalue weighted by molar-refractivity contribution is 7.74. The number of ether oxygens (including phenoxy) is 1. The molecule has 0 N–H and O–H groups in total. The molecule has 0 aromatic carbocycles. The Hall–Kier alpha value is -0.383. The van der Waals surface area contributed by atoms with Crippen molar-refractivity contribution in [2.24, 2.45) is 0 Å². The molecule has 0 spiro atoms. The second kappa shape index (κ2) is 6.85. The third-order valence-electron chi connectivity index (χ3n) is 4.12. The van der Waals surface area contributed by atoms with E-state index in [1.54, 1.807) is 10.9 Å². The summed E-state index contributed by atoms with van der Waals surface area (Å²) in [7, 11) is -3.78. The molecule has 0 fully saturated rings. The van der Waals surface area contributed by atoms with Gasteiger partial charge >= 0.3 is 0 Å². The van der Waals surface area contributed by atoms with Crippen molar-refractivity contribution in [1.82, 2.24) is 9.78 Å². The lowest BCUT2D eigenvalue weighted by atomic mass is 10.2. The van der Waals surface area contributed by atoms with Crippen LogP contribution < -0.4 is 5.44 Å². The van der Waals surface area contributed by atoms with Gasteiger partial charge in [0, 0.05) is 31.2 Å². The van der Waals surface area contributed by atoms with Crippen molar-refractivity contribution in [1.29, 1.82) is 0 Å². The maximum Gasteiger partial charge on any atom is 0.142 e. The van der Waals surface area contributed by atoms with E-state index in [1.165, 1.54) is 0 Å². The van der Waals surface area contributed by atoms with Crippen molar-refractivity contribution >= 4 is 20.7 Å². The van der Waals surface area contributed by atoms with E-state index in [1.807, 2.05) is 6.07 Å². The van der Waals surface area contributed by atoms with E-state index >= 15 is 0 Å². The SMILES string of the molecule is CC(C)(C)P(=O)(c1ccnn1COCC[Si](C)(C)C)C(C)(C)C. The number of aromatic nitrogens is 2. The van der Waals surface area contributed by atoms with Crippen molar-refractivity contribution in [3.8, 4) is 0 Å². The van der Waals surface area contributed by atoms with Gasteiger partial charge in [-0.2, -0.15) is 5.10 Å². The molecule has 1 aromatic rings. The molecule has 1 rings (SSSR count). The summed E-state index contributed by atoms with van der Waals surface area (Å²) in [6.07, 6.45) is 1.74. The van der Waals surface area contributed by atoms with Gasteiger partial charge in [-0.1, -0.05) is 61.2 Å². The van der Waals surface area contributed by atoms with E-state index in [0.29, 0.717) is 6.73 Å². The summed E-state index contributed by atoms with van der Waals surface area (Å²) in [5, 5.41) is 3.74. The molecule has 134 valence electrons. The Morgan fingerprint density at radius 1 is 1.13 bits per heavy atom. The highest BCUT2D eigenvalue weighted by atomic mass is 31.2. The molecule has 0 atom stereocenters. The zero-order chi connectivity index (χ0) is 18.1. The Labute approximate surface area is 143 Å². The van der Waals surface area contributed by atoms with Crippen molar-refractivity contribution in [2.75, 3.05) is 6.61 Å². The van der Waals surface area contributed by atoms with Crippen LogP contribution in [0.4, 0.5) is 0 Å². The minimum absolute atomic E-state index is 0.318. The predicted octanol–water partition coefficient (Wildman–Crippen LogP) is 4.78. The van der Waals surface area contributed by atoms with Crippen LogP contribution in [0.5, 0.6) is 0 Å². The lowest BCUT2D eigenvalue weighted by Gasteiger charge is -2.41. The van der Waals surface area contributed by atoms with Crippen LogP contribution in [0.1, 0.15) is 41.5 Å². The molecule has 0 unspecified atom stereocenters. The molecule has 1 aromatic heterocycles. The van der Waals surface area contributed by atoms with Crippen LogP contribution in [0.2, 0.25) is 25.7 Å². The van der Waals surface area contributed by atoms with E-state index < -0.39 is 15.2 Å². The van der Waals surface area contributed by atoms with Crippen molar-refractivity contribution in [3.05, 3.63) is 12.3 Å². The first kappa shape index (κ1) is 20.7. The molecular weight excluding hydrogens is 323 g/mol. The summed E-state index contributed by atoms with van der Waals surface area (Å²) in [5.41, 5.74) is 0.825. The lowest BCUT2D eigenvalue weighted by Crippen LogP contribution is -2.38. The minimum atomic E-state index is -2.68. The largest absolute Gasteiger partial charge is 0.360 e. The van der Waals surface area contributed by atoms with Gasteiger partial charge in [0.2, 0.25) is 0 Å². The van der Waals surface area contributed by atoms with Gasteiger partial charge in [0.05, 0.1) is 0 Å². The Balaban J connectivity index is 3.02. The van der Waals surface area contributed by atoms with E-state index in [0.717, 1.165) is 18.1 Å². The predicted molar refractivity (Wildman–Crippen MR) is 103 cm³/mol. The summed E-state index contributed by atoms with van der Waals surface area (Å²) in [6, 6.07) is 3.03. The van der Waals surface area contributed by atoms with E-state index in [4.69, 9.17) is 4.74 Å². The molecule has 4 nitrogen and oxygen atoms in total. The third kappa shape index (κ3) is 4.80. The third-order valence-corrected chi connectivity index (χ3v) is 10.6. The highest BCUT2D eigenvalue weighted by Crippen LogP contribution is 2.65. The molecular formula is C17H35N2O2PSi. The molecule has 0 radical (unpaired) electrons. The van der Waals surface area contributed by atoms with Crippen LogP contribution in [0, 0.1) is 0 Å². The zero-order valence-electron chi connectivity index (χ0n) is 16.4. The van der Waals surface area contributed by atoms with E-state index in [-0.39, 0.29) is 10.3 Å². The fourth-order valence-corrected chi connectivity index (χ4v) is 7.77. The van der Waals surface area contributed by atoms with Gasteiger partial charge in [0.25, 0.3) is 0 Å². The summed E-state index contributed by atoms with van der Waals surface area (Å²) in [5.74, 6) is 0. The normalized spacial score (nSPS) is 14.3. The van der Waals surface area contributed by atoms with Gasteiger partial charge in [-0.15, -0.1) is 0 Å². The average molecular weight is 359 g/mol. The average Bonchev–Trinajstić information content (AvgIpc) is 2.78. The molecule has 0 saturated heterocycles. The Bertz CT molecular complexity index is 544. The molecule has 0 aliphatic carbocycles. The van der Waals surface area contributed by atoms with Crippen LogP contribution in [0.15, 0.2) is 12.3 Å². The van der Waals surface area contributed by atoms with Gasteiger partial charge in [-0.3, -0.25) is 0 Å². The van der Waals surface area contributed by atoms with Crippen LogP contribution in [-0.2, 0) is 16.0 Å². The van der Waals surface area contributed by atoms with Gasteiger partial charge in [0.15, 0.2) is 0 Å². The standard InChI is InChI=1S/C17H35N2O2PSi/c1-16(2,3)22(20,17(4,5)6)15-10-11-18-19(15)14-21-12-13-23(7,8)9/h10-11H,12-14H2,1-9H3. The zero-order valence-corrected chi connectivity index (χ0v) is 18.3. The Morgan fingerprint density at radius 2 is 1.65 bits per heavy atom. The molecule has 0 saturated carbocycles. The molecule has 1 heterocycles. The summed E-state index contributed by atoms with van der Waals surface area (Å²) >= 11 is 0. The second-order valence-electron chi connectivity index (χ2n) is 9.49. The molecule has 6 heteroatoms. The van der Waals surface area contributed by atoms with Crippen LogP contribution in [-0.4, -0.2) is 34.8 Å². The van der Waals surface area contributed by atoms with Gasteiger partial charge in [-0.05, 0) is 12.1 Å². The van der Waals surface area contributed by atoms with Crippen molar-refractivity contribution < 1.29 is 9.30 Å². The van der Waals surface area contributed by atoms with Gasteiger partial charge < -0.3 is 9.30 Å². The quantitative estimate of drug-likeness (QED) is 0.417. The monoisotopic (exact) mass is 358 g/mol. The van der Waals surface area contributed by atoms with E-state index in [9.17, 15) is 4.57 Å². The first-order chi connectivity index (χ1) is 10.2. The molecule has 23 heavy (non-hydrogen) atoms. The van der Waals surface area contributed by atoms with Crippen LogP contribution >= 0.6 is 7.14 Å². The number of nitrogens with zero attached hydrogens (tertiary/aromatic N) is 2.